The summed E-state index contributed by atoms with van der Waals surface area (Å²) in [5.74, 6) is 1.49. The minimum atomic E-state index is -4.75. The van der Waals surface area contributed by atoms with Gasteiger partial charge in [0.2, 0.25) is 11.9 Å². The summed E-state index contributed by atoms with van der Waals surface area (Å²) >= 11 is 0. The van der Waals surface area contributed by atoms with Crippen molar-refractivity contribution in [2.45, 2.75) is 13.3 Å². The van der Waals surface area contributed by atoms with Crippen molar-refractivity contribution >= 4 is 34.4 Å². The fourth-order valence-corrected chi connectivity index (χ4v) is 4.55. The Morgan fingerprint density at radius 3 is 2.34 bits per heavy atom. The van der Waals surface area contributed by atoms with Gasteiger partial charge < -0.3 is 29.6 Å². The lowest BCUT2D eigenvalue weighted by molar-refractivity contribution is -0.274. The number of benzene rings is 2. The van der Waals surface area contributed by atoms with E-state index >= 15 is 0 Å². The number of likely N-dealkylation sites (N-methyl/N-ethyl adjacent to an activating group) is 1. The van der Waals surface area contributed by atoms with Gasteiger partial charge in [0, 0.05) is 57.2 Å². The van der Waals surface area contributed by atoms with Crippen LogP contribution in [0.1, 0.15) is 6.92 Å². The summed E-state index contributed by atoms with van der Waals surface area (Å²) in [6.45, 7) is 7.09. The fraction of sp³-hybridized carbons (Fsp3) is 0.321. The topological polar surface area (TPSA) is 96.8 Å². The van der Waals surface area contributed by atoms with Crippen molar-refractivity contribution < 1.29 is 27.4 Å². The number of aromatic nitrogens is 3. The summed E-state index contributed by atoms with van der Waals surface area (Å²) in [6, 6.07) is 14.2. The lowest BCUT2D eigenvalue weighted by Gasteiger charge is -2.33. The number of alkyl halides is 3. The number of fused-ring (bicyclic) bond motifs is 1. The molecule has 4 aromatic rings. The highest BCUT2D eigenvalue weighted by molar-refractivity contribution is 5.91. The molecule has 0 aliphatic carbocycles. The highest BCUT2D eigenvalue weighted by Gasteiger charge is 2.31. The summed E-state index contributed by atoms with van der Waals surface area (Å²) in [6.07, 6.45) is -3.18. The zero-order valence-corrected chi connectivity index (χ0v) is 22.6. The Morgan fingerprint density at radius 2 is 1.63 bits per heavy atom. The first kappa shape index (κ1) is 28.2. The van der Waals surface area contributed by atoms with Gasteiger partial charge in [-0.3, -0.25) is 9.69 Å². The van der Waals surface area contributed by atoms with E-state index in [2.05, 4.69) is 42.1 Å². The zero-order valence-electron chi connectivity index (χ0n) is 22.6. The van der Waals surface area contributed by atoms with Crippen LogP contribution in [-0.2, 0) is 11.8 Å². The summed E-state index contributed by atoms with van der Waals surface area (Å²) in [4.78, 5) is 25.9. The van der Waals surface area contributed by atoms with Gasteiger partial charge in [-0.1, -0.05) is 6.92 Å². The van der Waals surface area contributed by atoms with Gasteiger partial charge in [0.15, 0.2) is 0 Å². The molecule has 1 aliphatic heterocycles. The van der Waals surface area contributed by atoms with Crippen molar-refractivity contribution in [1.82, 2.24) is 24.3 Å². The molecule has 1 fully saturated rings. The lowest BCUT2D eigenvalue weighted by Crippen LogP contribution is -2.48. The number of hydrogen-bond donors (Lipinski definition) is 2. The maximum atomic E-state index is 12.6. The number of carbonyl (C=O) groups excluding carboxylic acids is 1. The molecule has 2 N–H and O–H groups in total. The van der Waals surface area contributed by atoms with E-state index in [4.69, 9.17) is 4.74 Å². The van der Waals surface area contributed by atoms with Crippen LogP contribution in [0.5, 0.6) is 17.2 Å². The van der Waals surface area contributed by atoms with E-state index < -0.39 is 6.36 Å². The Hall–Kier alpha value is -4.36. The van der Waals surface area contributed by atoms with Gasteiger partial charge >= 0.3 is 6.36 Å². The molecule has 1 saturated heterocycles. The summed E-state index contributed by atoms with van der Waals surface area (Å²) in [7, 11) is 1.82. The van der Waals surface area contributed by atoms with E-state index in [-0.39, 0.29) is 11.7 Å². The van der Waals surface area contributed by atoms with E-state index in [0.29, 0.717) is 41.0 Å². The van der Waals surface area contributed by atoms with E-state index in [9.17, 15) is 18.0 Å². The SMILES string of the molecule is CCN1CCN(CC(=O)Nc2cc(Oc3ccc4c(c3)nc(Nc3ccc(OC(F)(F)F)cc3)n4C)ccn2)CC1. The largest absolute Gasteiger partial charge is 0.573 e. The second-order valence-electron chi connectivity index (χ2n) is 9.58. The van der Waals surface area contributed by atoms with Crippen LogP contribution in [0.3, 0.4) is 0 Å². The molecular formula is C28H30F3N7O3. The number of anilines is 3. The van der Waals surface area contributed by atoms with Crippen LogP contribution in [0.2, 0.25) is 0 Å². The maximum absolute atomic E-state index is 12.6. The Bertz CT molecular complexity index is 1500. The lowest BCUT2D eigenvalue weighted by atomic mass is 10.3. The molecule has 10 nitrogen and oxygen atoms in total. The molecule has 0 unspecified atom stereocenters. The molecule has 0 spiro atoms. The molecule has 2 aromatic carbocycles. The Labute approximate surface area is 234 Å². The minimum absolute atomic E-state index is 0.128. The predicted molar refractivity (Wildman–Crippen MR) is 149 cm³/mol. The molecule has 1 aliphatic rings. The normalized spacial score (nSPS) is 14.7. The number of hydrogen-bond acceptors (Lipinski definition) is 8. The van der Waals surface area contributed by atoms with Gasteiger partial charge in [-0.15, -0.1) is 13.2 Å². The molecule has 0 bridgehead atoms. The zero-order chi connectivity index (χ0) is 29.0. The number of amides is 1. The van der Waals surface area contributed by atoms with Crippen LogP contribution in [0, 0.1) is 0 Å². The third-order valence-electron chi connectivity index (χ3n) is 6.71. The van der Waals surface area contributed by atoms with E-state index in [1.54, 1.807) is 30.5 Å². The second-order valence-corrected chi connectivity index (χ2v) is 9.58. The Kier molecular flexibility index (Phi) is 8.26. The predicted octanol–water partition coefficient (Wildman–Crippen LogP) is 4.98. The van der Waals surface area contributed by atoms with Crippen molar-refractivity contribution in [2.75, 3.05) is 49.9 Å². The number of pyridine rings is 1. The van der Waals surface area contributed by atoms with Gasteiger partial charge in [0.1, 0.15) is 23.1 Å². The number of nitrogens with zero attached hydrogens (tertiary/aromatic N) is 5. The molecular weight excluding hydrogens is 539 g/mol. The second kappa shape index (κ2) is 12.0. The van der Waals surface area contributed by atoms with E-state index in [1.165, 1.54) is 24.3 Å². The van der Waals surface area contributed by atoms with Gasteiger partial charge in [-0.2, -0.15) is 0 Å². The van der Waals surface area contributed by atoms with E-state index in [0.717, 1.165) is 38.2 Å². The molecule has 3 heterocycles. The Morgan fingerprint density at radius 1 is 0.951 bits per heavy atom. The van der Waals surface area contributed by atoms with Crippen molar-refractivity contribution in [3.8, 4) is 17.2 Å². The average Bonchev–Trinajstić information content (AvgIpc) is 3.23. The average molecular weight is 570 g/mol. The third kappa shape index (κ3) is 7.44. The van der Waals surface area contributed by atoms with Gasteiger partial charge in [-0.25, -0.2) is 9.97 Å². The summed E-state index contributed by atoms with van der Waals surface area (Å²) in [5.41, 5.74) is 2.01. The first-order valence-corrected chi connectivity index (χ1v) is 13.1. The van der Waals surface area contributed by atoms with Crippen LogP contribution >= 0.6 is 0 Å². The fourth-order valence-electron chi connectivity index (χ4n) is 4.55. The number of rotatable bonds is 9. The number of aryl methyl sites for hydroxylation is 1. The number of carbonyl (C=O) groups is 1. The molecule has 5 rings (SSSR count). The van der Waals surface area contributed by atoms with Crippen LogP contribution in [0.15, 0.2) is 60.8 Å². The first-order valence-electron chi connectivity index (χ1n) is 13.1. The van der Waals surface area contributed by atoms with Crippen LogP contribution in [0.4, 0.5) is 30.6 Å². The standard InChI is InChI=1S/C28H30F3N7O3/c1-3-37-12-14-38(15-13-37)18-26(39)35-25-17-22(10-11-32-25)40-21-8-9-24-23(16-21)34-27(36(24)2)33-19-4-6-20(7-5-19)41-28(29,30)31/h4-11,16-17H,3,12-15,18H2,1-2H3,(H,33,34)(H,32,35,39). The van der Waals surface area contributed by atoms with Crippen LogP contribution in [-0.4, -0.2) is 75.9 Å². The molecule has 0 radical (unpaired) electrons. The Balaban J connectivity index is 1.21. The van der Waals surface area contributed by atoms with Crippen molar-refractivity contribution in [3.63, 3.8) is 0 Å². The molecule has 0 atom stereocenters. The van der Waals surface area contributed by atoms with Crippen LogP contribution < -0.4 is 20.1 Å². The van der Waals surface area contributed by atoms with Crippen molar-refractivity contribution in [2.24, 2.45) is 7.05 Å². The maximum Gasteiger partial charge on any atom is 0.573 e. The van der Waals surface area contributed by atoms with Crippen molar-refractivity contribution in [1.29, 1.82) is 0 Å². The van der Waals surface area contributed by atoms with Gasteiger partial charge in [-0.05, 0) is 49.0 Å². The quantitative estimate of drug-likeness (QED) is 0.292. The highest BCUT2D eigenvalue weighted by atomic mass is 19.4. The minimum Gasteiger partial charge on any atom is -0.457 e. The molecule has 13 heteroatoms. The number of nitrogens with one attached hydrogen (secondary N) is 2. The van der Waals surface area contributed by atoms with Crippen LogP contribution in [0.25, 0.3) is 11.0 Å². The molecule has 0 saturated carbocycles. The number of piperazine rings is 1. The summed E-state index contributed by atoms with van der Waals surface area (Å²) < 4.78 is 49.0. The van der Waals surface area contributed by atoms with E-state index in [1.807, 2.05) is 17.7 Å². The van der Waals surface area contributed by atoms with Gasteiger partial charge in [0.25, 0.3) is 0 Å². The molecule has 1 amide bonds. The first-order chi connectivity index (χ1) is 19.6. The number of ether oxygens (including phenoxy) is 2. The molecule has 216 valence electrons. The monoisotopic (exact) mass is 569 g/mol. The number of halogens is 3. The number of imidazole rings is 1. The smallest absolute Gasteiger partial charge is 0.457 e. The van der Waals surface area contributed by atoms with Gasteiger partial charge in [0.05, 0.1) is 17.6 Å². The molecule has 2 aromatic heterocycles. The highest BCUT2D eigenvalue weighted by Crippen LogP contribution is 2.30. The van der Waals surface area contributed by atoms with Crippen molar-refractivity contribution in [3.05, 3.63) is 60.8 Å². The molecule has 41 heavy (non-hydrogen) atoms. The third-order valence-corrected chi connectivity index (χ3v) is 6.71. The summed E-state index contributed by atoms with van der Waals surface area (Å²) in [5, 5.41) is 5.95.